The number of hydrogen-bond donors (Lipinski definition) is 2. The highest BCUT2D eigenvalue weighted by Gasteiger charge is 2.21. The normalized spacial score (nSPS) is 9.47. The van der Waals surface area contributed by atoms with Gasteiger partial charge in [-0.15, -0.1) is 6.58 Å². The number of rotatable bonds is 7. The van der Waals surface area contributed by atoms with Crippen molar-refractivity contribution in [1.29, 1.82) is 0 Å². The fraction of sp³-hybridized carbons (Fsp3) is 0.500. The Morgan fingerprint density at radius 1 is 1.29 bits per heavy atom. The van der Waals surface area contributed by atoms with E-state index in [4.69, 9.17) is 10.8 Å². The number of nitrogens with zero attached hydrogens (tertiary/aromatic N) is 2. The summed E-state index contributed by atoms with van der Waals surface area (Å²) in [6.07, 6.45) is 1.42. The molecule has 0 fully saturated rings. The first-order chi connectivity index (χ1) is 7.92. The molecule has 0 aliphatic heterocycles. The zero-order chi connectivity index (χ0) is 13.4. The van der Waals surface area contributed by atoms with Crippen LogP contribution in [-0.2, 0) is 9.59 Å². The van der Waals surface area contributed by atoms with Gasteiger partial charge in [-0.3, -0.25) is 9.59 Å². The molecule has 3 amide bonds. The third-order valence-electron chi connectivity index (χ3n) is 1.95. The van der Waals surface area contributed by atoms with Gasteiger partial charge < -0.3 is 20.6 Å². The monoisotopic (exact) mass is 243 g/mol. The van der Waals surface area contributed by atoms with Crippen LogP contribution in [0.25, 0.3) is 0 Å². The van der Waals surface area contributed by atoms with Crippen LogP contribution in [0.5, 0.6) is 0 Å². The number of likely N-dealkylation sites (N-methyl/N-ethyl adjacent to an activating group) is 1. The molecule has 0 spiro atoms. The van der Waals surface area contributed by atoms with Crippen LogP contribution in [0.3, 0.4) is 0 Å². The van der Waals surface area contributed by atoms with Crippen molar-refractivity contribution >= 4 is 17.9 Å². The number of carbonyl (C=O) groups excluding carboxylic acids is 2. The molecule has 0 bridgehead atoms. The fourth-order valence-corrected chi connectivity index (χ4v) is 1.23. The van der Waals surface area contributed by atoms with Crippen LogP contribution >= 0.6 is 0 Å². The van der Waals surface area contributed by atoms with Crippen LogP contribution in [0.1, 0.15) is 6.92 Å². The Hall–Kier alpha value is -2.05. The number of hydrogen-bond acceptors (Lipinski definition) is 3. The summed E-state index contributed by atoms with van der Waals surface area (Å²) in [7, 11) is 0. The Morgan fingerprint density at radius 2 is 1.88 bits per heavy atom. The van der Waals surface area contributed by atoms with Gasteiger partial charge in [0.2, 0.25) is 5.91 Å². The molecule has 0 aromatic carbocycles. The molecule has 0 aromatic rings. The van der Waals surface area contributed by atoms with E-state index in [0.29, 0.717) is 0 Å². The number of carboxylic acids is 1. The lowest BCUT2D eigenvalue weighted by atomic mass is 10.4. The minimum atomic E-state index is -1.13. The number of nitrogens with two attached hydrogens (primary N) is 1. The topological polar surface area (TPSA) is 104 Å². The fourth-order valence-electron chi connectivity index (χ4n) is 1.23. The minimum absolute atomic E-state index is 0.0976. The third-order valence-corrected chi connectivity index (χ3v) is 1.95. The molecule has 0 rings (SSSR count). The highest BCUT2D eigenvalue weighted by molar-refractivity contribution is 5.85. The van der Waals surface area contributed by atoms with Gasteiger partial charge in [-0.05, 0) is 6.92 Å². The molecule has 0 saturated heterocycles. The van der Waals surface area contributed by atoms with Gasteiger partial charge in [0.1, 0.15) is 13.1 Å². The van der Waals surface area contributed by atoms with Crippen molar-refractivity contribution in [3.05, 3.63) is 12.7 Å². The average molecular weight is 243 g/mol. The van der Waals surface area contributed by atoms with Gasteiger partial charge in [-0.1, -0.05) is 6.08 Å². The van der Waals surface area contributed by atoms with Crippen molar-refractivity contribution in [2.45, 2.75) is 6.92 Å². The Bertz CT molecular complexity index is 317. The number of primary amides is 1. The number of urea groups is 1. The summed E-state index contributed by atoms with van der Waals surface area (Å²) in [4.78, 5) is 35.4. The molecule has 7 heteroatoms. The molecule has 0 aliphatic carbocycles. The Balaban J connectivity index is 4.70. The van der Waals surface area contributed by atoms with E-state index in [-0.39, 0.29) is 19.6 Å². The molecule has 0 radical (unpaired) electrons. The van der Waals surface area contributed by atoms with Gasteiger partial charge in [-0.2, -0.15) is 0 Å². The molecule has 7 nitrogen and oxygen atoms in total. The first kappa shape index (κ1) is 14.9. The minimum Gasteiger partial charge on any atom is -0.480 e. The second kappa shape index (κ2) is 7.26. The Morgan fingerprint density at radius 3 is 2.24 bits per heavy atom. The molecule has 17 heavy (non-hydrogen) atoms. The van der Waals surface area contributed by atoms with Crippen molar-refractivity contribution in [3.8, 4) is 0 Å². The maximum absolute atomic E-state index is 11.9. The molecule has 0 saturated carbocycles. The molecule has 0 aromatic heterocycles. The van der Waals surface area contributed by atoms with Crippen LogP contribution in [0.15, 0.2) is 12.7 Å². The second-order valence-corrected chi connectivity index (χ2v) is 3.33. The summed E-state index contributed by atoms with van der Waals surface area (Å²) in [5.74, 6) is -1.77. The zero-order valence-corrected chi connectivity index (χ0v) is 9.76. The van der Waals surface area contributed by atoms with Crippen molar-refractivity contribution in [3.63, 3.8) is 0 Å². The van der Waals surface area contributed by atoms with Gasteiger partial charge in [0.05, 0.1) is 0 Å². The maximum Gasteiger partial charge on any atom is 0.323 e. The van der Waals surface area contributed by atoms with Crippen LogP contribution in [0.4, 0.5) is 4.79 Å². The smallest absolute Gasteiger partial charge is 0.323 e. The molecular formula is C10H17N3O4. The standard InChI is InChI=1S/C10H17N3O4/c1-3-5-13(7-9(15)16)10(17)12(4-2)6-8(11)14/h3H,1,4-7H2,2H3,(H2,11,14)(H,15,16). The van der Waals surface area contributed by atoms with Crippen LogP contribution < -0.4 is 5.73 Å². The summed E-state index contributed by atoms with van der Waals surface area (Å²) >= 11 is 0. The van der Waals surface area contributed by atoms with Gasteiger partial charge in [0, 0.05) is 13.1 Å². The zero-order valence-electron chi connectivity index (χ0n) is 9.76. The maximum atomic E-state index is 11.9. The highest BCUT2D eigenvalue weighted by atomic mass is 16.4. The summed E-state index contributed by atoms with van der Waals surface area (Å²) in [5.41, 5.74) is 4.99. The second-order valence-electron chi connectivity index (χ2n) is 3.33. The van der Waals surface area contributed by atoms with Crippen molar-refractivity contribution in [2.75, 3.05) is 26.2 Å². The summed E-state index contributed by atoms with van der Waals surface area (Å²) in [6, 6.07) is -0.548. The first-order valence-electron chi connectivity index (χ1n) is 5.07. The predicted molar refractivity (Wildman–Crippen MR) is 61.2 cm³/mol. The van der Waals surface area contributed by atoms with E-state index in [1.54, 1.807) is 6.92 Å². The molecule has 0 atom stereocenters. The first-order valence-corrected chi connectivity index (χ1v) is 5.07. The van der Waals surface area contributed by atoms with E-state index in [1.165, 1.54) is 11.0 Å². The molecule has 3 N–H and O–H groups in total. The van der Waals surface area contributed by atoms with Crippen molar-refractivity contribution in [1.82, 2.24) is 9.80 Å². The molecule has 96 valence electrons. The van der Waals surface area contributed by atoms with Gasteiger partial charge in [0.15, 0.2) is 0 Å². The molecule has 0 aliphatic rings. The van der Waals surface area contributed by atoms with Gasteiger partial charge in [-0.25, -0.2) is 4.79 Å². The average Bonchev–Trinajstić information content (AvgIpc) is 2.23. The van der Waals surface area contributed by atoms with Crippen molar-refractivity contribution < 1.29 is 19.5 Å². The van der Waals surface area contributed by atoms with E-state index in [2.05, 4.69) is 6.58 Å². The summed E-state index contributed by atoms with van der Waals surface area (Å²) in [5, 5.41) is 8.66. The molecule has 0 heterocycles. The Kier molecular flexibility index (Phi) is 6.39. The number of aliphatic carboxylic acids is 1. The van der Waals surface area contributed by atoms with E-state index in [0.717, 1.165) is 4.90 Å². The van der Waals surface area contributed by atoms with Crippen molar-refractivity contribution in [2.24, 2.45) is 5.73 Å². The van der Waals surface area contributed by atoms with Gasteiger partial charge in [0.25, 0.3) is 0 Å². The number of carboxylic acid groups (broad SMARTS) is 1. The Labute approximate surface area is 99.5 Å². The van der Waals surface area contributed by atoms with E-state index in [1.807, 2.05) is 0 Å². The molecular weight excluding hydrogens is 226 g/mol. The largest absolute Gasteiger partial charge is 0.480 e. The van der Waals surface area contributed by atoms with Gasteiger partial charge >= 0.3 is 12.0 Å². The number of carbonyl (C=O) groups is 3. The van der Waals surface area contributed by atoms with E-state index < -0.39 is 24.5 Å². The lowest BCUT2D eigenvalue weighted by molar-refractivity contribution is -0.137. The van der Waals surface area contributed by atoms with Crippen LogP contribution in [-0.4, -0.2) is 59.0 Å². The predicted octanol–water partition coefficient (Wildman–Crippen LogP) is -0.514. The summed E-state index contributed by atoms with van der Waals surface area (Å²) in [6.45, 7) is 4.81. The lowest BCUT2D eigenvalue weighted by Crippen LogP contribution is -2.48. The van der Waals surface area contributed by atoms with Crippen LogP contribution in [0.2, 0.25) is 0 Å². The molecule has 0 unspecified atom stereocenters. The van der Waals surface area contributed by atoms with E-state index in [9.17, 15) is 14.4 Å². The lowest BCUT2D eigenvalue weighted by Gasteiger charge is -2.27. The number of amides is 3. The van der Waals surface area contributed by atoms with Crippen LogP contribution in [0, 0.1) is 0 Å². The highest BCUT2D eigenvalue weighted by Crippen LogP contribution is 1.99. The third kappa shape index (κ3) is 5.55. The quantitative estimate of drug-likeness (QED) is 0.587. The summed E-state index contributed by atoms with van der Waals surface area (Å²) < 4.78 is 0. The SMILES string of the molecule is C=CCN(CC(=O)O)C(=O)N(CC)CC(N)=O. The van der Waals surface area contributed by atoms with E-state index >= 15 is 0 Å².